The van der Waals surface area contributed by atoms with Gasteiger partial charge in [-0.15, -0.1) is 0 Å². The fourth-order valence-corrected chi connectivity index (χ4v) is 3.54. The number of hydrogen-bond donors (Lipinski definition) is 1. The normalized spacial score (nSPS) is 37.8. The van der Waals surface area contributed by atoms with Gasteiger partial charge in [-0.25, -0.2) is 4.79 Å². The molecule has 2 aliphatic carbocycles. The molecular formula is C15H16O4. The quantitative estimate of drug-likeness (QED) is 0.527. The summed E-state index contributed by atoms with van der Waals surface area (Å²) in [4.78, 5) is 23.8. The maximum atomic E-state index is 12.1. The summed E-state index contributed by atoms with van der Waals surface area (Å²) in [5.41, 5.74) is 2.78. The molecule has 1 heterocycles. The lowest BCUT2D eigenvalue weighted by Crippen LogP contribution is -2.33. The van der Waals surface area contributed by atoms with E-state index in [0.29, 0.717) is 17.6 Å². The van der Waals surface area contributed by atoms with Crippen LogP contribution in [0.1, 0.15) is 20.3 Å². The average molecular weight is 260 g/mol. The highest BCUT2D eigenvalue weighted by Crippen LogP contribution is 2.47. The summed E-state index contributed by atoms with van der Waals surface area (Å²) in [5.74, 6) is -1.13. The van der Waals surface area contributed by atoms with Gasteiger partial charge in [0.1, 0.15) is 6.10 Å². The number of ether oxygens (including phenoxy) is 1. The molecule has 0 unspecified atom stereocenters. The Bertz CT molecular complexity index is 567. The van der Waals surface area contributed by atoms with Gasteiger partial charge < -0.3 is 9.84 Å². The highest BCUT2D eigenvalue weighted by Gasteiger charge is 2.52. The summed E-state index contributed by atoms with van der Waals surface area (Å²) in [7, 11) is 0. The van der Waals surface area contributed by atoms with E-state index in [2.05, 4.69) is 6.58 Å². The van der Waals surface area contributed by atoms with Crippen molar-refractivity contribution in [1.29, 1.82) is 0 Å². The van der Waals surface area contributed by atoms with Crippen molar-refractivity contribution in [2.45, 2.75) is 32.5 Å². The molecule has 4 nitrogen and oxygen atoms in total. The number of ketones is 1. The minimum Gasteiger partial charge on any atom is -0.457 e. The zero-order valence-electron chi connectivity index (χ0n) is 11.0. The highest BCUT2D eigenvalue weighted by atomic mass is 16.6. The Labute approximate surface area is 111 Å². The zero-order valence-corrected chi connectivity index (χ0v) is 11.0. The molecule has 0 saturated carbocycles. The van der Waals surface area contributed by atoms with Crippen molar-refractivity contribution in [3.63, 3.8) is 0 Å². The summed E-state index contributed by atoms with van der Waals surface area (Å²) in [6, 6.07) is 0. The van der Waals surface area contributed by atoms with Crippen LogP contribution in [0.15, 0.2) is 34.9 Å². The molecule has 0 bridgehead atoms. The molecule has 1 aliphatic heterocycles. The minimum atomic E-state index is -0.720. The van der Waals surface area contributed by atoms with Crippen LogP contribution < -0.4 is 0 Å². The second-order valence-corrected chi connectivity index (χ2v) is 5.62. The molecule has 19 heavy (non-hydrogen) atoms. The van der Waals surface area contributed by atoms with E-state index in [1.807, 2.05) is 13.8 Å². The molecule has 3 aliphatic rings. The minimum absolute atomic E-state index is 0.0265. The zero-order chi connectivity index (χ0) is 13.9. The molecule has 3 rings (SSSR count). The first-order valence-electron chi connectivity index (χ1n) is 6.42. The Morgan fingerprint density at radius 3 is 2.74 bits per heavy atom. The lowest BCUT2D eigenvalue weighted by atomic mass is 9.82. The molecule has 0 radical (unpaired) electrons. The molecule has 0 aromatic carbocycles. The second-order valence-electron chi connectivity index (χ2n) is 5.62. The van der Waals surface area contributed by atoms with Crippen molar-refractivity contribution in [1.82, 2.24) is 0 Å². The van der Waals surface area contributed by atoms with Gasteiger partial charge in [-0.1, -0.05) is 17.7 Å². The lowest BCUT2D eigenvalue weighted by molar-refractivity contribution is -0.140. The number of carbonyl (C=O) groups is 2. The van der Waals surface area contributed by atoms with E-state index in [4.69, 9.17) is 4.74 Å². The number of aliphatic hydroxyl groups excluding tert-OH is 1. The average Bonchev–Trinajstić information content (AvgIpc) is 2.72. The fraction of sp³-hybridized carbons (Fsp3) is 0.467. The van der Waals surface area contributed by atoms with Crippen LogP contribution in [-0.4, -0.2) is 29.1 Å². The molecule has 0 aromatic heterocycles. The van der Waals surface area contributed by atoms with Crippen LogP contribution in [0.5, 0.6) is 0 Å². The van der Waals surface area contributed by atoms with Gasteiger partial charge in [0, 0.05) is 17.1 Å². The van der Waals surface area contributed by atoms with Crippen LogP contribution in [0, 0.1) is 11.8 Å². The van der Waals surface area contributed by atoms with Crippen molar-refractivity contribution in [2.75, 3.05) is 0 Å². The van der Waals surface area contributed by atoms with Crippen molar-refractivity contribution in [2.24, 2.45) is 11.8 Å². The Balaban J connectivity index is 2.14. The van der Waals surface area contributed by atoms with E-state index in [0.717, 1.165) is 11.1 Å². The lowest BCUT2D eigenvalue weighted by Gasteiger charge is -2.25. The predicted octanol–water partition coefficient (Wildman–Crippen LogP) is 1.31. The number of rotatable bonds is 0. The molecule has 1 fully saturated rings. The molecule has 0 aromatic rings. The smallest absolute Gasteiger partial charge is 0.334 e. The van der Waals surface area contributed by atoms with Crippen LogP contribution >= 0.6 is 0 Å². The van der Waals surface area contributed by atoms with Gasteiger partial charge in [0.25, 0.3) is 0 Å². The SMILES string of the molecule is C=C1C(=O)O[C@H]2[C@@H]3C(C)=CC(=O)C3=C(C)C[C@H](O)[C@@H]12. The predicted molar refractivity (Wildman–Crippen MR) is 68.1 cm³/mol. The third kappa shape index (κ3) is 1.56. The third-order valence-corrected chi connectivity index (χ3v) is 4.41. The molecule has 4 atom stereocenters. The van der Waals surface area contributed by atoms with Crippen LogP contribution in [-0.2, 0) is 14.3 Å². The summed E-state index contributed by atoms with van der Waals surface area (Å²) >= 11 is 0. The van der Waals surface area contributed by atoms with Gasteiger partial charge in [-0.3, -0.25) is 4.79 Å². The standard InChI is InChI=1S/C15H16O4/c1-6-4-10(17)13-8(3)15(18)19-14(13)12-7(2)5-9(16)11(6)12/h5,10,12-14,17H,3-4H2,1-2H3/t10-,12+,13+,14-/m0/s1. The highest BCUT2D eigenvalue weighted by molar-refractivity contribution is 6.09. The number of fused-ring (bicyclic) bond motifs is 3. The van der Waals surface area contributed by atoms with Gasteiger partial charge in [0.2, 0.25) is 0 Å². The van der Waals surface area contributed by atoms with Gasteiger partial charge in [0.15, 0.2) is 5.78 Å². The number of aliphatic hydroxyl groups is 1. The summed E-state index contributed by atoms with van der Waals surface area (Å²) in [6.07, 6.45) is 0.774. The van der Waals surface area contributed by atoms with E-state index in [9.17, 15) is 14.7 Å². The monoisotopic (exact) mass is 260 g/mol. The van der Waals surface area contributed by atoms with E-state index in [1.165, 1.54) is 0 Å². The number of carbonyl (C=O) groups excluding carboxylic acids is 2. The van der Waals surface area contributed by atoms with Crippen molar-refractivity contribution >= 4 is 11.8 Å². The van der Waals surface area contributed by atoms with Crippen molar-refractivity contribution < 1.29 is 19.4 Å². The van der Waals surface area contributed by atoms with Crippen LogP contribution in [0.25, 0.3) is 0 Å². The molecule has 100 valence electrons. The Hall–Kier alpha value is -1.68. The topological polar surface area (TPSA) is 63.6 Å². The van der Waals surface area contributed by atoms with E-state index >= 15 is 0 Å². The third-order valence-electron chi connectivity index (χ3n) is 4.41. The Kier molecular flexibility index (Phi) is 2.54. The van der Waals surface area contributed by atoms with E-state index < -0.39 is 24.1 Å². The first-order valence-corrected chi connectivity index (χ1v) is 6.42. The number of hydrogen-bond acceptors (Lipinski definition) is 4. The number of allylic oxidation sites excluding steroid dienone is 1. The Morgan fingerprint density at radius 1 is 1.37 bits per heavy atom. The fourth-order valence-electron chi connectivity index (χ4n) is 3.54. The molecule has 4 heteroatoms. The van der Waals surface area contributed by atoms with Gasteiger partial charge in [0.05, 0.1) is 12.0 Å². The Morgan fingerprint density at radius 2 is 2.05 bits per heavy atom. The van der Waals surface area contributed by atoms with Crippen LogP contribution in [0.4, 0.5) is 0 Å². The van der Waals surface area contributed by atoms with Crippen LogP contribution in [0.2, 0.25) is 0 Å². The van der Waals surface area contributed by atoms with Gasteiger partial charge in [-0.2, -0.15) is 0 Å². The van der Waals surface area contributed by atoms with Crippen molar-refractivity contribution in [3.05, 3.63) is 34.9 Å². The van der Waals surface area contributed by atoms with E-state index in [-0.39, 0.29) is 11.7 Å². The maximum absolute atomic E-state index is 12.1. The molecule has 1 N–H and O–H groups in total. The maximum Gasteiger partial charge on any atom is 0.334 e. The largest absolute Gasteiger partial charge is 0.457 e. The molecule has 0 amide bonds. The van der Waals surface area contributed by atoms with Crippen molar-refractivity contribution in [3.8, 4) is 0 Å². The van der Waals surface area contributed by atoms with E-state index in [1.54, 1.807) is 6.08 Å². The molecular weight excluding hydrogens is 244 g/mol. The first kappa shape index (κ1) is 12.4. The first-order chi connectivity index (χ1) is 8.91. The molecule has 1 saturated heterocycles. The van der Waals surface area contributed by atoms with Gasteiger partial charge in [-0.05, 0) is 26.3 Å². The number of esters is 1. The van der Waals surface area contributed by atoms with Gasteiger partial charge >= 0.3 is 5.97 Å². The summed E-state index contributed by atoms with van der Waals surface area (Å²) < 4.78 is 5.38. The second kappa shape index (κ2) is 3.90. The summed E-state index contributed by atoms with van der Waals surface area (Å²) in [6.45, 7) is 7.47. The molecule has 0 spiro atoms. The van der Waals surface area contributed by atoms with Crippen LogP contribution in [0.3, 0.4) is 0 Å². The summed E-state index contributed by atoms with van der Waals surface area (Å²) in [5, 5.41) is 10.3.